The van der Waals surface area contributed by atoms with Crippen molar-refractivity contribution in [2.75, 3.05) is 0 Å². The number of fused-ring (bicyclic) bond motifs is 1. The molecule has 6 heteroatoms. The Morgan fingerprint density at radius 1 is 1.24 bits per heavy atom. The van der Waals surface area contributed by atoms with E-state index in [4.69, 9.17) is 5.26 Å². The number of nitriles is 1. The number of rotatable bonds is 5. The number of nitrogens with one attached hydrogen (secondary N) is 1. The van der Waals surface area contributed by atoms with E-state index in [-0.39, 0.29) is 0 Å². The van der Waals surface area contributed by atoms with Crippen LogP contribution in [-0.2, 0) is 6.54 Å². The van der Waals surface area contributed by atoms with E-state index < -0.39 is 11.7 Å². The number of nitrogens with zero attached hydrogens (tertiary/aromatic N) is 3. The van der Waals surface area contributed by atoms with Gasteiger partial charge < -0.3 is 4.57 Å². The van der Waals surface area contributed by atoms with Crippen molar-refractivity contribution in [2.45, 2.75) is 13.0 Å². The van der Waals surface area contributed by atoms with Gasteiger partial charge in [-0.05, 0) is 30.3 Å². The van der Waals surface area contributed by atoms with Crippen molar-refractivity contribution in [2.24, 2.45) is 5.10 Å². The third-order valence-corrected chi connectivity index (χ3v) is 3.76. The Morgan fingerprint density at radius 2 is 2.00 bits per heavy atom. The van der Waals surface area contributed by atoms with Gasteiger partial charge in [0.05, 0.1) is 18.7 Å². The van der Waals surface area contributed by atoms with Crippen LogP contribution in [0.3, 0.4) is 0 Å². The molecule has 1 amide bonds. The first-order chi connectivity index (χ1) is 12.2. The molecular formula is C19H15FN4O. The summed E-state index contributed by atoms with van der Waals surface area (Å²) in [6.07, 6.45) is 3.87. The molecule has 1 N–H and O–H groups in total. The molecule has 25 heavy (non-hydrogen) atoms. The number of hydrogen-bond acceptors (Lipinski definition) is 3. The Bertz CT molecular complexity index is 967. The van der Waals surface area contributed by atoms with Crippen LogP contribution >= 0.6 is 0 Å². The molecule has 3 rings (SSSR count). The molecule has 124 valence electrons. The van der Waals surface area contributed by atoms with Crippen LogP contribution in [0.5, 0.6) is 0 Å². The minimum Gasteiger partial charge on any atom is -0.346 e. The standard InChI is InChI=1S/C19H15FN4O/c20-16-8-6-14(7-9-16)19(25)23-22-12-15-13-24(11-3-10-21)18-5-2-1-4-17(15)18/h1-2,4-9,12-13H,3,11H2,(H,23,25)/b22-12-. The van der Waals surface area contributed by atoms with Crippen molar-refractivity contribution in [1.29, 1.82) is 5.26 Å². The maximum atomic E-state index is 12.9. The molecule has 0 unspecified atom stereocenters. The zero-order valence-electron chi connectivity index (χ0n) is 13.3. The van der Waals surface area contributed by atoms with Gasteiger partial charge in [0.2, 0.25) is 0 Å². The van der Waals surface area contributed by atoms with Gasteiger partial charge in [-0.25, -0.2) is 9.82 Å². The predicted octanol–water partition coefficient (Wildman–Crippen LogP) is 3.46. The van der Waals surface area contributed by atoms with Gasteiger partial charge >= 0.3 is 0 Å². The molecule has 1 aromatic heterocycles. The second-order valence-electron chi connectivity index (χ2n) is 5.41. The molecule has 0 spiro atoms. The molecule has 0 fully saturated rings. The van der Waals surface area contributed by atoms with Crippen LogP contribution in [0.15, 0.2) is 59.8 Å². The second-order valence-corrected chi connectivity index (χ2v) is 5.41. The van der Waals surface area contributed by atoms with Gasteiger partial charge in [0.25, 0.3) is 5.91 Å². The monoisotopic (exact) mass is 334 g/mol. The average Bonchev–Trinajstić information content (AvgIpc) is 2.98. The van der Waals surface area contributed by atoms with E-state index in [0.29, 0.717) is 18.5 Å². The summed E-state index contributed by atoms with van der Waals surface area (Å²) in [6.45, 7) is 0.590. The Hall–Kier alpha value is -3.46. The van der Waals surface area contributed by atoms with Gasteiger partial charge in [0.15, 0.2) is 0 Å². The maximum Gasteiger partial charge on any atom is 0.271 e. The largest absolute Gasteiger partial charge is 0.346 e. The van der Waals surface area contributed by atoms with Crippen LogP contribution in [0.2, 0.25) is 0 Å². The number of halogens is 1. The third kappa shape index (κ3) is 3.72. The summed E-state index contributed by atoms with van der Waals surface area (Å²) in [7, 11) is 0. The van der Waals surface area contributed by atoms with Gasteiger partial charge in [-0.3, -0.25) is 4.79 Å². The highest BCUT2D eigenvalue weighted by Gasteiger charge is 2.07. The molecule has 0 aliphatic heterocycles. The Balaban J connectivity index is 1.78. The van der Waals surface area contributed by atoms with E-state index in [9.17, 15) is 9.18 Å². The predicted molar refractivity (Wildman–Crippen MR) is 93.6 cm³/mol. The van der Waals surface area contributed by atoms with E-state index in [0.717, 1.165) is 16.5 Å². The number of carbonyl (C=O) groups excluding carboxylic acids is 1. The first kappa shape index (κ1) is 16.4. The number of hydrogen-bond donors (Lipinski definition) is 1. The van der Waals surface area contributed by atoms with E-state index in [1.165, 1.54) is 24.3 Å². The van der Waals surface area contributed by atoms with Crippen molar-refractivity contribution in [3.05, 3.63) is 71.7 Å². The minimum absolute atomic E-state index is 0.329. The highest BCUT2D eigenvalue weighted by molar-refractivity contribution is 6.00. The zero-order chi connectivity index (χ0) is 17.6. The SMILES string of the molecule is N#CCCn1cc(/C=N\NC(=O)c2ccc(F)cc2)c2ccccc21. The maximum absolute atomic E-state index is 12.9. The summed E-state index contributed by atoms with van der Waals surface area (Å²) in [5.41, 5.74) is 4.60. The van der Waals surface area contributed by atoms with Crippen LogP contribution in [0, 0.1) is 17.1 Å². The van der Waals surface area contributed by atoms with Crippen LogP contribution in [-0.4, -0.2) is 16.7 Å². The number of para-hydroxylation sites is 1. The summed E-state index contributed by atoms with van der Waals surface area (Å²) in [4.78, 5) is 12.0. The number of carbonyl (C=O) groups is 1. The first-order valence-electron chi connectivity index (χ1n) is 7.73. The van der Waals surface area contributed by atoms with Gasteiger partial charge in [-0.1, -0.05) is 18.2 Å². The number of aromatic nitrogens is 1. The smallest absolute Gasteiger partial charge is 0.271 e. The number of hydrazone groups is 1. The fourth-order valence-corrected chi connectivity index (χ4v) is 2.56. The van der Waals surface area contributed by atoms with E-state index in [1.54, 1.807) is 6.21 Å². The van der Waals surface area contributed by atoms with Gasteiger partial charge in [0, 0.05) is 34.8 Å². The van der Waals surface area contributed by atoms with Crippen LogP contribution in [0.25, 0.3) is 10.9 Å². The topological polar surface area (TPSA) is 70.2 Å². The zero-order valence-corrected chi connectivity index (χ0v) is 13.3. The fraction of sp³-hybridized carbons (Fsp3) is 0.105. The van der Waals surface area contributed by atoms with Crippen molar-refractivity contribution in [3.8, 4) is 6.07 Å². The molecule has 3 aromatic rings. The molecule has 2 aromatic carbocycles. The number of benzene rings is 2. The van der Waals surface area contributed by atoms with Gasteiger partial charge in [-0.2, -0.15) is 10.4 Å². The molecule has 0 aliphatic carbocycles. The van der Waals surface area contributed by atoms with Gasteiger partial charge in [-0.15, -0.1) is 0 Å². The van der Waals surface area contributed by atoms with Crippen LogP contribution in [0.1, 0.15) is 22.3 Å². The van der Waals surface area contributed by atoms with Crippen molar-refractivity contribution in [3.63, 3.8) is 0 Å². The quantitative estimate of drug-likeness (QED) is 0.573. The molecule has 1 heterocycles. The molecule has 0 atom stereocenters. The normalized spacial score (nSPS) is 10.9. The van der Waals surface area contributed by atoms with Crippen LogP contribution in [0.4, 0.5) is 4.39 Å². The molecule has 0 radical (unpaired) electrons. The lowest BCUT2D eigenvalue weighted by atomic mass is 10.2. The molecule has 5 nitrogen and oxygen atoms in total. The average molecular weight is 334 g/mol. The Kier molecular flexibility index (Phi) is 4.86. The third-order valence-electron chi connectivity index (χ3n) is 3.76. The lowest BCUT2D eigenvalue weighted by Crippen LogP contribution is -2.17. The summed E-state index contributed by atoms with van der Waals surface area (Å²) >= 11 is 0. The second kappa shape index (κ2) is 7.41. The van der Waals surface area contributed by atoms with E-state index >= 15 is 0 Å². The Morgan fingerprint density at radius 3 is 2.76 bits per heavy atom. The number of aryl methyl sites for hydroxylation is 1. The summed E-state index contributed by atoms with van der Waals surface area (Å²) in [5, 5.41) is 13.7. The highest BCUT2D eigenvalue weighted by Crippen LogP contribution is 2.20. The molecular weight excluding hydrogens is 319 g/mol. The summed E-state index contributed by atoms with van der Waals surface area (Å²) in [5.74, 6) is -0.810. The molecule has 0 saturated carbocycles. The van der Waals surface area contributed by atoms with E-state index in [1.807, 2.05) is 35.0 Å². The summed E-state index contributed by atoms with van der Waals surface area (Å²) in [6, 6.07) is 15.2. The van der Waals surface area contributed by atoms with E-state index in [2.05, 4.69) is 16.6 Å². The highest BCUT2D eigenvalue weighted by atomic mass is 19.1. The first-order valence-corrected chi connectivity index (χ1v) is 7.73. The lowest BCUT2D eigenvalue weighted by Gasteiger charge is -2.00. The van der Waals surface area contributed by atoms with Crippen molar-refractivity contribution < 1.29 is 9.18 Å². The van der Waals surface area contributed by atoms with Crippen molar-refractivity contribution >= 4 is 23.0 Å². The fourth-order valence-electron chi connectivity index (χ4n) is 2.56. The molecule has 0 saturated heterocycles. The van der Waals surface area contributed by atoms with Crippen LogP contribution < -0.4 is 5.43 Å². The summed E-state index contributed by atoms with van der Waals surface area (Å²) < 4.78 is 14.9. The Labute approximate surface area is 144 Å². The molecule has 0 bridgehead atoms. The van der Waals surface area contributed by atoms with Gasteiger partial charge in [0.1, 0.15) is 5.82 Å². The van der Waals surface area contributed by atoms with Crippen molar-refractivity contribution in [1.82, 2.24) is 9.99 Å². The lowest BCUT2D eigenvalue weighted by molar-refractivity contribution is 0.0955. The number of amides is 1. The molecule has 0 aliphatic rings. The minimum atomic E-state index is -0.413.